The van der Waals surface area contributed by atoms with Crippen LogP contribution in [-0.2, 0) is 0 Å². The first-order chi connectivity index (χ1) is 8.91. The number of rotatable bonds is 0. The minimum Gasteiger partial charge on any atom is -0.455 e. The van der Waals surface area contributed by atoms with E-state index in [2.05, 4.69) is 95.6 Å². The number of hydrogen-bond donors (Lipinski definition) is 0. The average molecular weight is 642 g/mol. The maximum Gasteiger partial charge on any atom is 0.150 e. The Bertz CT molecular complexity index is 836. The van der Waals surface area contributed by atoms with Gasteiger partial charge in [-0.3, -0.25) is 0 Å². The molecule has 0 N–H and O–H groups in total. The van der Waals surface area contributed by atoms with E-state index in [1.54, 1.807) is 0 Å². The van der Waals surface area contributed by atoms with Gasteiger partial charge in [0.25, 0.3) is 0 Å². The molecule has 2 aromatic carbocycles. The van der Waals surface area contributed by atoms with Crippen LogP contribution in [0.15, 0.2) is 43.4 Å². The van der Waals surface area contributed by atoms with Gasteiger partial charge in [0, 0.05) is 33.1 Å². The van der Waals surface area contributed by atoms with Gasteiger partial charge in [-0.2, -0.15) is 0 Å². The molecule has 0 spiro atoms. The lowest BCUT2D eigenvalue weighted by molar-refractivity contribution is 0.666. The molecule has 7 heteroatoms. The van der Waals surface area contributed by atoms with E-state index in [4.69, 9.17) is 4.42 Å². The van der Waals surface area contributed by atoms with Crippen molar-refractivity contribution in [1.29, 1.82) is 0 Å². The molecule has 0 atom stereocenters. The van der Waals surface area contributed by atoms with Crippen molar-refractivity contribution in [3.8, 4) is 0 Å². The first-order valence-electron chi connectivity index (χ1n) is 4.95. The van der Waals surface area contributed by atoms with Crippen molar-refractivity contribution in [2.45, 2.75) is 0 Å². The Labute approximate surface area is 159 Å². The maximum absolute atomic E-state index is 5.96. The zero-order chi connectivity index (χ0) is 13.9. The van der Waals surface area contributed by atoms with Crippen molar-refractivity contribution in [3.63, 3.8) is 0 Å². The van der Waals surface area contributed by atoms with Crippen LogP contribution in [-0.4, -0.2) is 0 Å². The standard InChI is InChI=1S/C12H2Br6O/c13-3-1-5(15)12-8(9(3)16)7-6(19-12)2-4(14)10(17)11(7)18/h1-2H. The van der Waals surface area contributed by atoms with Crippen LogP contribution in [0.1, 0.15) is 0 Å². The van der Waals surface area contributed by atoms with E-state index in [0.29, 0.717) is 0 Å². The first-order valence-corrected chi connectivity index (χ1v) is 9.70. The summed E-state index contributed by atoms with van der Waals surface area (Å²) in [5, 5.41) is 2.05. The summed E-state index contributed by atoms with van der Waals surface area (Å²) in [6.07, 6.45) is 0. The summed E-state index contributed by atoms with van der Waals surface area (Å²) in [7, 11) is 0. The minimum absolute atomic E-state index is 0.816. The second-order valence-electron chi connectivity index (χ2n) is 3.82. The highest BCUT2D eigenvalue weighted by Crippen LogP contribution is 2.47. The molecule has 0 aliphatic carbocycles. The van der Waals surface area contributed by atoms with Gasteiger partial charge in [-0.1, -0.05) is 0 Å². The first kappa shape index (κ1) is 15.0. The molecule has 0 saturated carbocycles. The SMILES string of the molecule is Brc1cc2oc3c(Br)cc(Br)c(Br)c3c2c(Br)c1Br. The summed E-state index contributed by atoms with van der Waals surface area (Å²) in [6.45, 7) is 0. The molecular formula is C12H2Br6O. The van der Waals surface area contributed by atoms with Gasteiger partial charge in [0.05, 0.1) is 4.47 Å². The minimum atomic E-state index is 0.816. The van der Waals surface area contributed by atoms with E-state index in [0.717, 1.165) is 48.8 Å². The molecule has 1 nitrogen and oxygen atoms in total. The van der Waals surface area contributed by atoms with Crippen LogP contribution >= 0.6 is 95.6 Å². The molecule has 19 heavy (non-hydrogen) atoms. The zero-order valence-electron chi connectivity index (χ0n) is 8.83. The van der Waals surface area contributed by atoms with E-state index in [-0.39, 0.29) is 0 Å². The van der Waals surface area contributed by atoms with E-state index in [1.807, 2.05) is 12.1 Å². The fourth-order valence-electron chi connectivity index (χ4n) is 1.90. The third-order valence-electron chi connectivity index (χ3n) is 2.71. The molecular weight excluding hydrogens is 640 g/mol. The number of halogens is 6. The van der Waals surface area contributed by atoms with E-state index in [1.165, 1.54) is 0 Å². The van der Waals surface area contributed by atoms with Crippen LogP contribution < -0.4 is 0 Å². The molecule has 0 bridgehead atoms. The van der Waals surface area contributed by atoms with Gasteiger partial charge in [0.2, 0.25) is 0 Å². The summed E-state index contributed by atoms with van der Waals surface area (Å²) in [4.78, 5) is 0. The third-order valence-corrected chi connectivity index (χ3v) is 8.59. The maximum atomic E-state index is 5.96. The predicted molar refractivity (Wildman–Crippen MR) is 99.9 cm³/mol. The highest BCUT2D eigenvalue weighted by Gasteiger charge is 2.20. The van der Waals surface area contributed by atoms with Crippen molar-refractivity contribution in [2.24, 2.45) is 0 Å². The molecule has 0 unspecified atom stereocenters. The summed E-state index contributed by atoms with van der Waals surface area (Å²) < 4.78 is 11.7. The Morgan fingerprint density at radius 1 is 0.632 bits per heavy atom. The monoisotopic (exact) mass is 636 g/mol. The molecule has 0 saturated heterocycles. The summed E-state index contributed by atoms with van der Waals surface area (Å²) in [5.74, 6) is 0. The van der Waals surface area contributed by atoms with Gasteiger partial charge in [0.15, 0.2) is 5.58 Å². The molecule has 0 fully saturated rings. The predicted octanol–water partition coefficient (Wildman–Crippen LogP) is 8.16. The normalized spacial score (nSPS) is 11.7. The van der Waals surface area contributed by atoms with Gasteiger partial charge in [-0.15, -0.1) is 0 Å². The second-order valence-corrected chi connectivity index (χ2v) is 8.76. The van der Waals surface area contributed by atoms with Crippen LogP contribution in [0.2, 0.25) is 0 Å². The Balaban J connectivity index is 2.67. The van der Waals surface area contributed by atoms with Crippen molar-refractivity contribution in [2.75, 3.05) is 0 Å². The van der Waals surface area contributed by atoms with Crippen LogP contribution in [0.4, 0.5) is 0 Å². The molecule has 1 heterocycles. The summed E-state index contributed by atoms with van der Waals surface area (Å²) >= 11 is 21.4. The van der Waals surface area contributed by atoms with E-state index in [9.17, 15) is 0 Å². The zero-order valence-corrected chi connectivity index (χ0v) is 18.3. The van der Waals surface area contributed by atoms with Gasteiger partial charge >= 0.3 is 0 Å². The lowest BCUT2D eigenvalue weighted by Gasteiger charge is -2.03. The lowest BCUT2D eigenvalue weighted by atomic mass is 10.1. The van der Waals surface area contributed by atoms with Crippen molar-refractivity contribution in [1.82, 2.24) is 0 Å². The molecule has 0 amide bonds. The number of fused-ring (bicyclic) bond motifs is 3. The Morgan fingerprint density at radius 2 is 1.26 bits per heavy atom. The molecule has 0 aliphatic heterocycles. The number of benzene rings is 2. The quantitative estimate of drug-likeness (QED) is 0.178. The van der Waals surface area contributed by atoms with E-state index >= 15 is 0 Å². The summed E-state index contributed by atoms with van der Waals surface area (Å²) in [5.41, 5.74) is 1.63. The van der Waals surface area contributed by atoms with Gasteiger partial charge in [-0.25, -0.2) is 0 Å². The van der Waals surface area contributed by atoms with Crippen LogP contribution in [0.25, 0.3) is 21.9 Å². The second kappa shape index (κ2) is 5.39. The molecule has 0 radical (unpaired) electrons. The molecule has 98 valence electrons. The topological polar surface area (TPSA) is 13.1 Å². The fraction of sp³-hybridized carbons (Fsp3) is 0. The van der Waals surface area contributed by atoms with Crippen molar-refractivity contribution >= 4 is 118 Å². The Morgan fingerprint density at radius 3 is 1.95 bits per heavy atom. The van der Waals surface area contributed by atoms with Crippen LogP contribution in [0.5, 0.6) is 0 Å². The van der Waals surface area contributed by atoms with Crippen LogP contribution in [0, 0.1) is 0 Å². The average Bonchev–Trinajstić information content (AvgIpc) is 2.73. The van der Waals surface area contributed by atoms with Crippen LogP contribution in [0.3, 0.4) is 0 Å². The number of hydrogen-bond acceptors (Lipinski definition) is 1. The van der Waals surface area contributed by atoms with Gasteiger partial charge in [-0.05, 0) is 108 Å². The highest BCUT2D eigenvalue weighted by atomic mass is 79.9. The van der Waals surface area contributed by atoms with Gasteiger partial charge in [0.1, 0.15) is 5.58 Å². The smallest absolute Gasteiger partial charge is 0.150 e. The van der Waals surface area contributed by atoms with E-state index < -0.39 is 0 Å². The molecule has 1 aromatic heterocycles. The fourth-order valence-corrected chi connectivity index (χ4v) is 5.23. The Kier molecular flexibility index (Phi) is 4.27. The Hall–Kier alpha value is 1.12. The third kappa shape index (κ3) is 2.32. The van der Waals surface area contributed by atoms with Gasteiger partial charge < -0.3 is 4.42 Å². The summed E-state index contributed by atoms with van der Waals surface area (Å²) in [6, 6.07) is 3.92. The lowest BCUT2D eigenvalue weighted by Crippen LogP contribution is -1.78. The number of furan rings is 1. The highest BCUT2D eigenvalue weighted by molar-refractivity contribution is 9.14. The van der Waals surface area contributed by atoms with Crippen molar-refractivity contribution in [3.05, 3.63) is 39.0 Å². The molecule has 3 rings (SSSR count). The molecule has 3 aromatic rings. The molecule has 0 aliphatic rings. The largest absolute Gasteiger partial charge is 0.455 e. The van der Waals surface area contributed by atoms with Crippen molar-refractivity contribution < 1.29 is 4.42 Å².